The third kappa shape index (κ3) is 2.58. The first-order valence-electron chi connectivity index (χ1n) is 5.99. The molecule has 3 heterocycles. The summed E-state index contributed by atoms with van der Waals surface area (Å²) < 4.78 is 1.48. The monoisotopic (exact) mass is 301 g/mol. The lowest BCUT2D eigenvalue weighted by Gasteiger charge is -2.08. The van der Waals surface area contributed by atoms with Crippen LogP contribution in [0, 0.1) is 6.92 Å². The van der Waals surface area contributed by atoms with Crippen molar-refractivity contribution in [2.45, 2.75) is 6.92 Å². The number of hydrogen-bond donors (Lipinski definition) is 2. The lowest BCUT2D eigenvalue weighted by atomic mass is 10.3. The van der Waals surface area contributed by atoms with Gasteiger partial charge in [-0.05, 0) is 19.1 Å². The summed E-state index contributed by atoms with van der Waals surface area (Å²) in [6, 6.07) is 3.46. The third-order valence-electron chi connectivity index (χ3n) is 2.69. The molecule has 9 heteroatoms. The van der Waals surface area contributed by atoms with Crippen molar-refractivity contribution in [3.63, 3.8) is 0 Å². The zero-order valence-corrected chi connectivity index (χ0v) is 11.8. The minimum absolute atomic E-state index is 0.281. The predicted octanol–water partition coefficient (Wildman–Crippen LogP) is 1.26. The highest BCUT2D eigenvalue weighted by atomic mass is 32.1. The highest BCUT2D eigenvalue weighted by molar-refractivity contribution is 7.17. The summed E-state index contributed by atoms with van der Waals surface area (Å²) in [5.74, 6) is 0.203. The van der Waals surface area contributed by atoms with Gasteiger partial charge in [-0.15, -0.1) is 0 Å². The van der Waals surface area contributed by atoms with Crippen molar-refractivity contribution >= 4 is 28.1 Å². The fourth-order valence-corrected chi connectivity index (χ4v) is 2.53. The highest BCUT2D eigenvalue weighted by Gasteiger charge is 2.16. The van der Waals surface area contributed by atoms with Crippen LogP contribution < -0.4 is 11.1 Å². The van der Waals surface area contributed by atoms with Gasteiger partial charge in [0.15, 0.2) is 10.9 Å². The predicted molar refractivity (Wildman–Crippen MR) is 78.4 cm³/mol. The minimum Gasteiger partial charge on any atom is -0.375 e. The second-order valence-corrected chi connectivity index (χ2v) is 5.17. The molecular formula is C12H11N7OS. The molecule has 8 nitrogen and oxygen atoms in total. The van der Waals surface area contributed by atoms with Gasteiger partial charge in [0.2, 0.25) is 0 Å². The molecule has 3 aromatic heterocycles. The van der Waals surface area contributed by atoms with E-state index in [1.807, 2.05) is 0 Å². The Morgan fingerprint density at radius 1 is 1.48 bits per heavy atom. The van der Waals surface area contributed by atoms with E-state index < -0.39 is 0 Å². The number of nitrogens with zero attached hydrogens (tertiary/aromatic N) is 5. The van der Waals surface area contributed by atoms with Gasteiger partial charge in [-0.2, -0.15) is 5.10 Å². The van der Waals surface area contributed by atoms with Crippen LogP contribution in [0.1, 0.15) is 15.4 Å². The Hall–Kier alpha value is -2.81. The molecule has 0 atom stereocenters. The maximum absolute atomic E-state index is 12.3. The molecule has 3 rings (SSSR count). The van der Waals surface area contributed by atoms with Crippen molar-refractivity contribution in [1.29, 1.82) is 0 Å². The van der Waals surface area contributed by atoms with E-state index in [1.54, 1.807) is 25.3 Å². The van der Waals surface area contributed by atoms with Gasteiger partial charge in [0.1, 0.15) is 17.5 Å². The molecular weight excluding hydrogens is 290 g/mol. The summed E-state index contributed by atoms with van der Waals surface area (Å²) in [6.07, 6.45) is 4.52. The summed E-state index contributed by atoms with van der Waals surface area (Å²) in [4.78, 5) is 24.9. The quantitative estimate of drug-likeness (QED) is 0.753. The van der Waals surface area contributed by atoms with Crippen molar-refractivity contribution in [3.05, 3.63) is 41.6 Å². The van der Waals surface area contributed by atoms with E-state index in [0.717, 1.165) is 11.3 Å². The topological polar surface area (TPSA) is 112 Å². The van der Waals surface area contributed by atoms with Gasteiger partial charge in [0.05, 0.1) is 11.4 Å². The highest BCUT2D eigenvalue weighted by Crippen LogP contribution is 2.22. The van der Waals surface area contributed by atoms with Gasteiger partial charge in [-0.25, -0.2) is 19.6 Å². The van der Waals surface area contributed by atoms with Crippen LogP contribution in [0.5, 0.6) is 0 Å². The van der Waals surface area contributed by atoms with Gasteiger partial charge in [-0.1, -0.05) is 11.3 Å². The largest absolute Gasteiger partial charge is 0.375 e. The van der Waals surface area contributed by atoms with Gasteiger partial charge < -0.3 is 11.1 Å². The maximum atomic E-state index is 12.3. The number of nitrogens with two attached hydrogens (primary N) is 1. The van der Waals surface area contributed by atoms with Crippen molar-refractivity contribution in [1.82, 2.24) is 24.7 Å². The first kappa shape index (κ1) is 13.2. The molecule has 0 unspecified atom stereocenters. The van der Waals surface area contributed by atoms with Gasteiger partial charge in [-0.3, -0.25) is 4.79 Å². The van der Waals surface area contributed by atoms with Crippen LogP contribution in [0.2, 0.25) is 0 Å². The SMILES string of the molecule is Cc1nc(N)sc1C(=O)Nc1cccnc1-n1cncn1. The number of nitrogens with one attached hydrogen (secondary N) is 1. The smallest absolute Gasteiger partial charge is 0.267 e. The first-order valence-corrected chi connectivity index (χ1v) is 6.81. The fourth-order valence-electron chi connectivity index (χ4n) is 1.80. The first-order chi connectivity index (χ1) is 10.1. The van der Waals surface area contributed by atoms with Crippen LogP contribution >= 0.6 is 11.3 Å². The molecule has 0 aromatic carbocycles. The number of carbonyl (C=O) groups is 1. The van der Waals surface area contributed by atoms with E-state index in [-0.39, 0.29) is 5.91 Å². The standard InChI is InChI=1S/C12H11N7OS/c1-7-9(21-12(13)17-7)11(20)18-8-3-2-4-15-10(8)19-6-14-5-16-19/h2-6H,1H3,(H2,13,17)(H,18,20). The Morgan fingerprint density at radius 2 is 2.33 bits per heavy atom. The third-order valence-corrected chi connectivity index (χ3v) is 3.68. The number of aromatic nitrogens is 5. The van der Waals surface area contributed by atoms with Crippen LogP contribution in [0.3, 0.4) is 0 Å². The second kappa shape index (κ2) is 5.29. The van der Waals surface area contributed by atoms with E-state index in [1.165, 1.54) is 17.3 Å². The average molecular weight is 301 g/mol. The summed E-state index contributed by atoms with van der Waals surface area (Å²) in [6.45, 7) is 1.74. The molecule has 1 amide bonds. The molecule has 0 saturated heterocycles. The Kier molecular flexibility index (Phi) is 3.32. The molecule has 0 radical (unpaired) electrons. The maximum Gasteiger partial charge on any atom is 0.267 e. The van der Waals surface area contributed by atoms with Crippen molar-refractivity contribution in [2.24, 2.45) is 0 Å². The van der Waals surface area contributed by atoms with Crippen molar-refractivity contribution in [2.75, 3.05) is 11.1 Å². The molecule has 0 saturated carbocycles. The summed E-state index contributed by atoms with van der Waals surface area (Å²) >= 11 is 1.14. The molecule has 21 heavy (non-hydrogen) atoms. The van der Waals surface area contributed by atoms with E-state index in [9.17, 15) is 4.79 Å². The van der Waals surface area contributed by atoms with Gasteiger partial charge in [0.25, 0.3) is 5.91 Å². The van der Waals surface area contributed by atoms with E-state index in [2.05, 4.69) is 25.4 Å². The van der Waals surface area contributed by atoms with Crippen LogP contribution in [0.25, 0.3) is 5.82 Å². The minimum atomic E-state index is -0.281. The summed E-state index contributed by atoms with van der Waals surface area (Å²) in [5.41, 5.74) is 6.74. The number of aryl methyl sites for hydroxylation is 1. The molecule has 0 aliphatic heterocycles. The van der Waals surface area contributed by atoms with Crippen LogP contribution in [-0.2, 0) is 0 Å². The molecule has 0 aliphatic rings. The molecule has 0 bridgehead atoms. The number of rotatable bonds is 3. The molecule has 106 valence electrons. The number of amides is 1. The lowest BCUT2D eigenvalue weighted by Crippen LogP contribution is -2.14. The Labute approximate surface area is 123 Å². The molecule has 0 spiro atoms. The molecule has 3 N–H and O–H groups in total. The van der Waals surface area contributed by atoms with Crippen LogP contribution in [-0.4, -0.2) is 30.6 Å². The van der Waals surface area contributed by atoms with Crippen molar-refractivity contribution < 1.29 is 4.79 Å². The molecule has 0 aliphatic carbocycles. The number of thiazole rings is 1. The zero-order chi connectivity index (χ0) is 14.8. The zero-order valence-electron chi connectivity index (χ0n) is 11.0. The summed E-state index contributed by atoms with van der Waals surface area (Å²) in [7, 11) is 0. The second-order valence-electron chi connectivity index (χ2n) is 4.14. The number of anilines is 2. The van der Waals surface area contributed by atoms with Gasteiger partial charge in [0, 0.05) is 6.20 Å². The Bertz CT molecular complexity index is 781. The molecule has 3 aromatic rings. The number of nitrogen functional groups attached to an aromatic ring is 1. The average Bonchev–Trinajstić information content (AvgIpc) is 3.09. The molecule has 0 fully saturated rings. The number of carbonyl (C=O) groups excluding carboxylic acids is 1. The lowest BCUT2D eigenvalue weighted by molar-refractivity contribution is 0.102. The van der Waals surface area contributed by atoms with E-state index in [0.29, 0.717) is 27.2 Å². The van der Waals surface area contributed by atoms with Crippen molar-refractivity contribution in [3.8, 4) is 5.82 Å². The Balaban J connectivity index is 1.92. The van der Waals surface area contributed by atoms with Gasteiger partial charge >= 0.3 is 0 Å². The van der Waals surface area contributed by atoms with E-state index in [4.69, 9.17) is 5.73 Å². The summed E-state index contributed by atoms with van der Waals surface area (Å²) in [5, 5.41) is 7.17. The number of pyridine rings is 1. The normalized spacial score (nSPS) is 10.5. The van der Waals surface area contributed by atoms with E-state index >= 15 is 0 Å². The number of hydrogen-bond acceptors (Lipinski definition) is 7. The fraction of sp³-hybridized carbons (Fsp3) is 0.0833. The Morgan fingerprint density at radius 3 is 3.00 bits per heavy atom. The van der Waals surface area contributed by atoms with Crippen LogP contribution in [0.4, 0.5) is 10.8 Å². The van der Waals surface area contributed by atoms with Crippen LogP contribution in [0.15, 0.2) is 31.0 Å².